The molecule has 1 aromatic heterocycles. The van der Waals surface area contributed by atoms with Crippen molar-refractivity contribution in [2.45, 2.75) is 77.4 Å². The van der Waals surface area contributed by atoms with E-state index in [0.29, 0.717) is 55.6 Å². The Labute approximate surface area is 245 Å². The van der Waals surface area contributed by atoms with Crippen molar-refractivity contribution in [3.63, 3.8) is 0 Å². The van der Waals surface area contributed by atoms with Gasteiger partial charge in [-0.1, -0.05) is 32.1 Å². The molecule has 0 atom stereocenters. The van der Waals surface area contributed by atoms with Gasteiger partial charge in [-0.2, -0.15) is 31.4 Å². The van der Waals surface area contributed by atoms with E-state index in [1.807, 2.05) is 27.7 Å². The van der Waals surface area contributed by atoms with Crippen LogP contribution < -0.4 is 10.8 Å². The third-order valence-electron chi connectivity index (χ3n) is 6.76. The minimum absolute atomic E-state index is 0.0214. The Kier molecular flexibility index (Phi) is 12.5. The number of amides is 2. The lowest BCUT2D eigenvalue weighted by Crippen LogP contribution is -2.53. The SMILES string of the molecule is CC(C)c1cc(-c2ccc(C(F)(F)F)cc2)nn(/C=C/CCN(CC(C)(C)NC=O)C(=O)C2CC(O)C2)c1=N.FC(F)F. The van der Waals surface area contributed by atoms with Crippen molar-refractivity contribution >= 4 is 18.5 Å². The number of aliphatic hydroxyl groups excluding tert-OH is 1. The molecule has 0 aliphatic heterocycles. The number of hydrogen-bond acceptors (Lipinski definition) is 5. The molecular formula is C29H37F6N5O3. The largest absolute Gasteiger partial charge is 0.416 e. The molecule has 1 aliphatic carbocycles. The number of rotatable bonds is 11. The predicted octanol–water partition coefficient (Wildman–Crippen LogP) is 5.34. The minimum Gasteiger partial charge on any atom is -0.393 e. The molecule has 43 heavy (non-hydrogen) atoms. The highest BCUT2D eigenvalue weighted by Gasteiger charge is 2.37. The number of aromatic nitrogens is 2. The van der Waals surface area contributed by atoms with Gasteiger partial charge in [-0.15, -0.1) is 0 Å². The number of halogens is 6. The molecule has 0 radical (unpaired) electrons. The van der Waals surface area contributed by atoms with Gasteiger partial charge in [-0.3, -0.25) is 15.0 Å². The fourth-order valence-corrected chi connectivity index (χ4v) is 4.46. The summed E-state index contributed by atoms with van der Waals surface area (Å²) in [6.45, 7) is 4.47. The highest BCUT2D eigenvalue weighted by Crippen LogP contribution is 2.31. The van der Waals surface area contributed by atoms with Crippen LogP contribution in [0.25, 0.3) is 17.5 Å². The predicted molar refractivity (Wildman–Crippen MR) is 148 cm³/mol. The summed E-state index contributed by atoms with van der Waals surface area (Å²) < 4.78 is 69.4. The van der Waals surface area contributed by atoms with Crippen LogP contribution in [-0.4, -0.2) is 63.5 Å². The standard InChI is InChI=1S/C28H36F3N5O3.CHF3/c1-18(2)23-15-24(19-7-9-21(10-8-19)28(29,30)31)34-36(25(23)32)12-6-5-11-35(16-27(3,4)33-17-37)26(39)20-13-22(38)14-20;2-1(3)4/h6-10,12,15,17-18,20,22,32,38H,5,11,13-14,16H2,1-4H3,(H,33,37);1H/b12-6+,32-25?;. The molecule has 1 saturated carbocycles. The molecule has 3 N–H and O–H groups in total. The maximum absolute atomic E-state index is 13.0. The number of benzene rings is 1. The Morgan fingerprint density at radius 3 is 2.26 bits per heavy atom. The molecule has 0 spiro atoms. The molecule has 1 fully saturated rings. The van der Waals surface area contributed by atoms with Crippen molar-refractivity contribution in [2.75, 3.05) is 13.1 Å². The lowest BCUT2D eigenvalue weighted by molar-refractivity contribution is -0.143. The number of aliphatic hydroxyl groups is 1. The van der Waals surface area contributed by atoms with Crippen LogP contribution in [0.2, 0.25) is 0 Å². The van der Waals surface area contributed by atoms with E-state index in [9.17, 15) is 41.0 Å². The van der Waals surface area contributed by atoms with Crippen LogP contribution >= 0.6 is 0 Å². The average Bonchev–Trinajstić information content (AvgIpc) is 2.88. The van der Waals surface area contributed by atoms with Gasteiger partial charge in [0.2, 0.25) is 12.3 Å². The first-order valence-corrected chi connectivity index (χ1v) is 13.6. The third kappa shape index (κ3) is 10.8. The molecule has 0 unspecified atom stereocenters. The highest BCUT2D eigenvalue weighted by molar-refractivity contribution is 5.80. The van der Waals surface area contributed by atoms with Gasteiger partial charge in [-0.25, -0.2) is 4.68 Å². The second kappa shape index (κ2) is 15.2. The van der Waals surface area contributed by atoms with Gasteiger partial charge in [0.05, 0.1) is 22.9 Å². The van der Waals surface area contributed by atoms with E-state index < -0.39 is 30.1 Å². The molecule has 238 valence electrons. The van der Waals surface area contributed by atoms with Gasteiger partial charge in [0.25, 0.3) is 0 Å². The summed E-state index contributed by atoms with van der Waals surface area (Å²) in [6.07, 6.45) is 0.375. The topological polar surface area (TPSA) is 111 Å². The van der Waals surface area contributed by atoms with E-state index in [1.54, 1.807) is 23.2 Å². The van der Waals surface area contributed by atoms with E-state index in [1.165, 1.54) is 16.8 Å². The number of nitrogens with zero attached hydrogens (tertiary/aromatic N) is 3. The molecule has 1 heterocycles. The summed E-state index contributed by atoms with van der Waals surface area (Å²) in [7, 11) is 0. The van der Waals surface area contributed by atoms with E-state index in [2.05, 4.69) is 10.4 Å². The Morgan fingerprint density at radius 1 is 1.19 bits per heavy atom. The second-order valence-corrected chi connectivity index (χ2v) is 11.2. The Hall–Kier alpha value is -3.68. The molecule has 1 aliphatic rings. The Morgan fingerprint density at radius 2 is 1.77 bits per heavy atom. The molecule has 8 nitrogen and oxygen atoms in total. The molecule has 1 aromatic carbocycles. The molecule has 2 amide bonds. The average molecular weight is 618 g/mol. The maximum atomic E-state index is 13.0. The van der Waals surface area contributed by atoms with Gasteiger partial charge >= 0.3 is 12.9 Å². The van der Waals surface area contributed by atoms with Gasteiger partial charge in [-0.05, 0) is 57.2 Å². The zero-order chi connectivity index (χ0) is 32.5. The fourth-order valence-electron chi connectivity index (χ4n) is 4.46. The first-order chi connectivity index (χ1) is 19.9. The van der Waals surface area contributed by atoms with Crippen LogP contribution in [0.3, 0.4) is 0 Å². The van der Waals surface area contributed by atoms with Gasteiger partial charge in [0.1, 0.15) is 5.49 Å². The zero-order valence-corrected chi connectivity index (χ0v) is 24.3. The minimum atomic E-state index is -4.44. The summed E-state index contributed by atoms with van der Waals surface area (Å²) >= 11 is 0. The van der Waals surface area contributed by atoms with Crippen LogP contribution in [0.15, 0.2) is 36.4 Å². The second-order valence-electron chi connectivity index (χ2n) is 11.2. The Balaban J connectivity index is 0.00000151. The quantitative estimate of drug-likeness (QED) is 0.234. The van der Waals surface area contributed by atoms with Gasteiger partial charge in [0.15, 0.2) is 0 Å². The van der Waals surface area contributed by atoms with Crippen molar-refractivity contribution in [3.8, 4) is 11.3 Å². The number of carbonyl (C=O) groups excluding carboxylic acids is 2. The van der Waals surface area contributed by atoms with E-state index in [4.69, 9.17) is 5.41 Å². The lowest BCUT2D eigenvalue weighted by Gasteiger charge is -2.38. The molecule has 2 aromatic rings. The van der Waals surface area contributed by atoms with Crippen LogP contribution in [0.4, 0.5) is 26.3 Å². The smallest absolute Gasteiger partial charge is 0.393 e. The van der Waals surface area contributed by atoms with Crippen molar-refractivity contribution in [1.29, 1.82) is 5.41 Å². The van der Waals surface area contributed by atoms with Crippen LogP contribution in [0.5, 0.6) is 0 Å². The van der Waals surface area contributed by atoms with Crippen LogP contribution in [0, 0.1) is 11.3 Å². The summed E-state index contributed by atoms with van der Waals surface area (Å²) in [6, 6.07) is 6.46. The molecule has 14 heteroatoms. The third-order valence-corrected chi connectivity index (χ3v) is 6.76. The lowest BCUT2D eigenvalue weighted by atomic mass is 9.81. The zero-order valence-electron chi connectivity index (χ0n) is 24.3. The first kappa shape index (κ1) is 35.5. The number of alkyl halides is 6. The number of carbonyl (C=O) groups is 2. The first-order valence-electron chi connectivity index (χ1n) is 13.6. The van der Waals surface area contributed by atoms with Crippen molar-refractivity contribution in [1.82, 2.24) is 20.0 Å². The van der Waals surface area contributed by atoms with Crippen LogP contribution in [-0.2, 0) is 15.8 Å². The van der Waals surface area contributed by atoms with E-state index in [0.717, 1.165) is 12.1 Å². The monoisotopic (exact) mass is 617 g/mol. The summed E-state index contributed by atoms with van der Waals surface area (Å²) in [5, 5.41) is 25.4. The van der Waals surface area contributed by atoms with Crippen molar-refractivity contribution in [3.05, 3.63) is 53.0 Å². The normalized spacial score (nSPS) is 17.0. The van der Waals surface area contributed by atoms with E-state index >= 15 is 0 Å². The summed E-state index contributed by atoms with van der Waals surface area (Å²) in [5.74, 6) is -0.347. The van der Waals surface area contributed by atoms with Crippen molar-refractivity contribution in [2.24, 2.45) is 5.92 Å². The maximum Gasteiger partial charge on any atom is 0.416 e. The number of hydrogen-bond donors (Lipinski definition) is 3. The van der Waals surface area contributed by atoms with Crippen molar-refractivity contribution < 1.29 is 41.0 Å². The molecule has 3 rings (SSSR count). The Bertz CT molecular complexity index is 1300. The van der Waals surface area contributed by atoms with Gasteiger partial charge < -0.3 is 15.3 Å². The molecular weight excluding hydrogens is 580 g/mol. The summed E-state index contributed by atoms with van der Waals surface area (Å²) in [4.78, 5) is 25.7. The fraction of sp³-hybridized carbons (Fsp3) is 0.517. The van der Waals surface area contributed by atoms with Crippen LogP contribution in [0.1, 0.15) is 64.0 Å². The van der Waals surface area contributed by atoms with E-state index in [-0.39, 0.29) is 23.2 Å². The van der Waals surface area contributed by atoms with Gasteiger partial charge in [0, 0.05) is 36.3 Å². The molecule has 0 saturated heterocycles. The summed E-state index contributed by atoms with van der Waals surface area (Å²) in [5.41, 5.74) is 0.390. The molecule has 0 bridgehead atoms. The highest BCUT2D eigenvalue weighted by atomic mass is 19.4. The number of nitrogens with one attached hydrogen (secondary N) is 2.